The van der Waals surface area contributed by atoms with Gasteiger partial charge < -0.3 is 9.64 Å². The summed E-state index contributed by atoms with van der Waals surface area (Å²) >= 11 is 0. The van der Waals surface area contributed by atoms with E-state index in [4.69, 9.17) is 4.74 Å². The zero-order chi connectivity index (χ0) is 21.6. The van der Waals surface area contributed by atoms with Crippen molar-refractivity contribution in [3.8, 4) is 0 Å². The van der Waals surface area contributed by atoms with Crippen molar-refractivity contribution in [2.45, 2.75) is 39.5 Å². The Labute approximate surface area is 168 Å². The van der Waals surface area contributed by atoms with Gasteiger partial charge in [0.2, 0.25) is 10.0 Å². The van der Waals surface area contributed by atoms with Gasteiger partial charge in [-0.3, -0.25) is 4.79 Å². The Hall–Kier alpha value is -1.93. The van der Waals surface area contributed by atoms with Crippen molar-refractivity contribution < 1.29 is 22.7 Å². The van der Waals surface area contributed by atoms with Gasteiger partial charge in [0.25, 0.3) is 5.91 Å². The quantitative estimate of drug-likeness (QED) is 0.582. The SMILES string of the molecule is Cc1ccc(S(=O)(=O)N(C)C)cc1C(=O)OCC(=O)N(CC(C)C)CC(C)C. The molecule has 0 fully saturated rings. The number of sulfonamides is 1. The van der Waals surface area contributed by atoms with Crippen LogP contribution in [-0.4, -0.2) is 63.3 Å². The third-order valence-electron chi connectivity index (χ3n) is 4.06. The average molecular weight is 413 g/mol. The van der Waals surface area contributed by atoms with E-state index in [-0.39, 0.29) is 23.0 Å². The van der Waals surface area contributed by atoms with E-state index in [1.165, 1.54) is 26.2 Å². The summed E-state index contributed by atoms with van der Waals surface area (Å²) in [5.74, 6) is -0.372. The molecular formula is C20H32N2O5S. The molecule has 0 aliphatic rings. The zero-order valence-electron chi connectivity index (χ0n) is 17.9. The van der Waals surface area contributed by atoms with E-state index >= 15 is 0 Å². The molecule has 0 radical (unpaired) electrons. The summed E-state index contributed by atoms with van der Waals surface area (Å²) in [6.45, 7) is 10.6. The zero-order valence-corrected chi connectivity index (χ0v) is 18.7. The van der Waals surface area contributed by atoms with Crippen molar-refractivity contribution in [2.75, 3.05) is 33.8 Å². The molecule has 8 heteroatoms. The summed E-state index contributed by atoms with van der Waals surface area (Å²) in [6, 6.07) is 4.29. The number of benzene rings is 1. The predicted octanol–water partition coefficient (Wildman–Crippen LogP) is 2.54. The van der Waals surface area contributed by atoms with E-state index in [1.54, 1.807) is 17.9 Å². The molecule has 0 saturated carbocycles. The Kier molecular flexibility index (Phi) is 8.63. The van der Waals surface area contributed by atoms with E-state index < -0.39 is 16.0 Å². The Morgan fingerprint density at radius 1 is 1.04 bits per heavy atom. The van der Waals surface area contributed by atoms with E-state index in [9.17, 15) is 18.0 Å². The third kappa shape index (κ3) is 6.60. The van der Waals surface area contributed by atoms with Crippen LogP contribution in [0.15, 0.2) is 23.1 Å². The molecule has 7 nitrogen and oxygen atoms in total. The van der Waals surface area contributed by atoms with Crippen molar-refractivity contribution in [2.24, 2.45) is 11.8 Å². The number of amides is 1. The lowest BCUT2D eigenvalue weighted by atomic mass is 10.1. The molecule has 1 aromatic rings. The largest absolute Gasteiger partial charge is 0.452 e. The molecule has 0 aliphatic carbocycles. The van der Waals surface area contributed by atoms with Crippen LogP contribution < -0.4 is 0 Å². The van der Waals surface area contributed by atoms with Crippen LogP contribution in [0.1, 0.15) is 43.6 Å². The first-order chi connectivity index (χ1) is 12.9. The van der Waals surface area contributed by atoms with Gasteiger partial charge in [-0.05, 0) is 36.5 Å². The number of nitrogens with zero attached hydrogens (tertiary/aromatic N) is 2. The van der Waals surface area contributed by atoms with Gasteiger partial charge in [0, 0.05) is 27.2 Å². The van der Waals surface area contributed by atoms with Crippen molar-refractivity contribution in [1.29, 1.82) is 0 Å². The summed E-state index contributed by atoms with van der Waals surface area (Å²) in [4.78, 5) is 26.7. The molecule has 1 aromatic carbocycles. The van der Waals surface area contributed by atoms with Crippen LogP contribution in [0.5, 0.6) is 0 Å². The van der Waals surface area contributed by atoms with Crippen LogP contribution in [0.4, 0.5) is 0 Å². The summed E-state index contributed by atoms with van der Waals surface area (Å²) in [7, 11) is -0.830. The van der Waals surface area contributed by atoms with E-state index in [0.717, 1.165) is 4.31 Å². The first kappa shape index (κ1) is 24.1. The molecule has 0 heterocycles. The fourth-order valence-corrected chi connectivity index (χ4v) is 3.58. The normalized spacial score (nSPS) is 11.9. The van der Waals surface area contributed by atoms with Gasteiger partial charge in [-0.2, -0.15) is 0 Å². The molecular weight excluding hydrogens is 380 g/mol. The highest BCUT2D eigenvalue weighted by molar-refractivity contribution is 7.89. The number of esters is 1. The van der Waals surface area contributed by atoms with Crippen LogP contribution in [0.2, 0.25) is 0 Å². The lowest BCUT2D eigenvalue weighted by Gasteiger charge is -2.26. The highest BCUT2D eigenvalue weighted by Crippen LogP contribution is 2.19. The first-order valence-corrected chi connectivity index (χ1v) is 10.8. The molecule has 0 aliphatic heterocycles. The fraction of sp³-hybridized carbons (Fsp3) is 0.600. The van der Waals surface area contributed by atoms with E-state index in [2.05, 4.69) is 0 Å². The maximum atomic E-state index is 12.5. The minimum atomic E-state index is -3.67. The maximum Gasteiger partial charge on any atom is 0.338 e. The van der Waals surface area contributed by atoms with Crippen molar-refractivity contribution in [1.82, 2.24) is 9.21 Å². The standard InChI is InChI=1S/C20H32N2O5S/c1-14(2)11-22(12-15(3)4)19(23)13-27-20(24)18-10-17(9-8-16(18)5)28(25,26)21(6)7/h8-10,14-15H,11-13H2,1-7H3. The molecule has 28 heavy (non-hydrogen) atoms. The van der Waals surface area contributed by atoms with Crippen LogP contribution in [0.3, 0.4) is 0 Å². The van der Waals surface area contributed by atoms with Gasteiger partial charge in [-0.15, -0.1) is 0 Å². The molecule has 0 atom stereocenters. The highest BCUT2D eigenvalue weighted by atomic mass is 32.2. The fourth-order valence-electron chi connectivity index (χ4n) is 2.65. The van der Waals surface area contributed by atoms with Crippen LogP contribution in [-0.2, 0) is 19.6 Å². The highest BCUT2D eigenvalue weighted by Gasteiger charge is 2.22. The van der Waals surface area contributed by atoms with Gasteiger partial charge in [0.15, 0.2) is 6.61 Å². The number of hydrogen-bond donors (Lipinski definition) is 0. The lowest BCUT2D eigenvalue weighted by molar-refractivity contribution is -0.135. The van der Waals surface area contributed by atoms with Gasteiger partial charge in [-0.25, -0.2) is 17.5 Å². The molecule has 0 N–H and O–H groups in total. The Morgan fingerprint density at radius 2 is 1.57 bits per heavy atom. The van der Waals surface area contributed by atoms with E-state index in [0.29, 0.717) is 30.5 Å². The molecule has 158 valence electrons. The molecule has 0 aromatic heterocycles. The number of carbonyl (C=O) groups excluding carboxylic acids is 2. The number of hydrogen-bond acceptors (Lipinski definition) is 5. The predicted molar refractivity (Wildman–Crippen MR) is 109 cm³/mol. The Balaban J connectivity index is 2.94. The molecule has 0 saturated heterocycles. The van der Waals surface area contributed by atoms with Crippen molar-refractivity contribution in [3.63, 3.8) is 0 Å². The molecule has 1 amide bonds. The van der Waals surface area contributed by atoms with Crippen LogP contribution in [0.25, 0.3) is 0 Å². The van der Waals surface area contributed by atoms with Gasteiger partial charge >= 0.3 is 5.97 Å². The van der Waals surface area contributed by atoms with Crippen LogP contribution in [0, 0.1) is 18.8 Å². The second-order valence-corrected chi connectivity index (χ2v) is 10.1. The van der Waals surface area contributed by atoms with Gasteiger partial charge in [0.05, 0.1) is 10.5 Å². The Morgan fingerprint density at radius 3 is 2.04 bits per heavy atom. The molecule has 0 bridgehead atoms. The second kappa shape index (κ2) is 10.0. The third-order valence-corrected chi connectivity index (χ3v) is 5.87. The first-order valence-electron chi connectivity index (χ1n) is 9.34. The van der Waals surface area contributed by atoms with Crippen molar-refractivity contribution >= 4 is 21.9 Å². The van der Waals surface area contributed by atoms with E-state index in [1.807, 2.05) is 27.7 Å². The number of ether oxygens (including phenoxy) is 1. The van der Waals surface area contributed by atoms with Gasteiger partial charge in [0.1, 0.15) is 0 Å². The summed E-state index contributed by atoms with van der Waals surface area (Å²) in [6.07, 6.45) is 0. The lowest BCUT2D eigenvalue weighted by Crippen LogP contribution is -2.39. The number of carbonyl (C=O) groups is 2. The number of aryl methyl sites for hydroxylation is 1. The minimum absolute atomic E-state index is 0.00242. The summed E-state index contributed by atoms with van der Waals surface area (Å²) < 4.78 is 30.9. The average Bonchev–Trinajstić information content (AvgIpc) is 2.57. The summed E-state index contributed by atoms with van der Waals surface area (Å²) in [5.41, 5.74) is 0.714. The molecule has 0 unspecified atom stereocenters. The van der Waals surface area contributed by atoms with Gasteiger partial charge in [-0.1, -0.05) is 33.8 Å². The van der Waals surface area contributed by atoms with Crippen molar-refractivity contribution in [3.05, 3.63) is 29.3 Å². The Bertz CT molecular complexity index is 791. The smallest absolute Gasteiger partial charge is 0.338 e. The second-order valence-electron chi connectivity index (χ2n) is 7.93. The van der Waals surface area contributed by atoms with Crippen LogP contribution >= 0.6 is 0 Å². The molecule has 1 rings (SSSR count). The monoisotopic (exact) mass is 412 g/mol. The topological polar surface area (TPSA) is 84.0 Å². The minimum Gasteiger partial charge on any atom is -0.452 e. The summed E-state index contributed by atoms with van der Waals surface area (Å²) in [5, 5.41) is 0. The number of rotatable bonds is 9. The maximum absolute atomic E-state index is 12.5. The molecule has 0 spiro atoms.